The Hall–Kier alpha value is -2.27. The number of carbonyl (C=O) groups is 1. The van der Waals surface area contributed by atoms with Crippen molar-refractivity contribution in [3.63, 3.8) is 0 Å². The fourth-order valence-electron chi connectivity index (χ4n) is 2.83. The van der Waals surface area contributed by atoms with E-state index in [1.165, 1.54) is 12.1 Å². The topological polar surface area (TPSA) is 45.2 Å². The Bertz CT molecular complexity index is 705. The molecular weight excluding hydrogens is 317 g/mol. The van der Waals surface area contributed by atoms with Crippen molar-refractivity contribution in [1.82, 2.24) is 9.88 Å². The zero-order valence-electron chi connectivity index (χ0n) is 15.3. The summed E-state index contributed by atoms with van der Waals surface area (Å²) >= 11 is 0. The molecule has 1 amide bonds. The number of pyridine rings is 1. The standard InChI is InChI=1S/C20H26FN3O/c1-5-8-19(17-9-6-7-12-22-17)24(4)15(3)20(25)23-18-13-16(21)11-10-14(18)2/h6-7,9-13,15,19H,5,8H2,1-4H3,(H,23,25)/t15-,19+/m0/s1. The molecule has 0 fully saturated rings. The van der Waals surface area contributed by atoms with Crippen molar-refractivity contribution in [1.29, 1.82) is 0 Å². The SMILES string of the molecule is CCC[C@H](c1ccccn1)N(C)[C@@H](C)C(=O)Nc1cc(F)ccc1C. The molecule has 0 saturated carbocycles. The number of rotatable bonds is 7. The second-order valence-electron chi connectivity index (χ2n) is 6.35. The monoisotopic (exact) mass is 343 g/mol. The fourth-order valence-corrected chi connectivity index (χ4v) is 2.83. The summed E-state index contributed by atoms with van der Waals surface area (Å²) in [6.45, 7) is 5.82. The molecule has 0 saturated heterocycles. The molecule has 5 heteroatoms. The smallest absolute Gasteiger partial charge is 0.241 e. The summed E-state index contributed by atoms with van der Waals surface area (Å²) in [6, 6.07) is 9.91. The van der Waals surface area contributed by atoms with Gasteiger partial charge in [-0.2, -0.15) is 0 Å². The number of aryl methyl sites for hydroxylation is 1. The van der Waals surface area contributed by atoms with Crippen LogP contribution in [0.2, 0.25) is 0 Å². The van der Waals surface area contributed by atoms with E-state index in [9.17, 15) is 9.18 Å². The van der Waals surface area contributed by atoms with Gasteiger partial charge in [0.15, 0.2) is 0 Å². The number of amides is 1. The highest BCUT2D eigenvalue weighted by Crippen LogP contribution is 2.25. The molecule has 4 nitrogen and oxygen atoms in total. The summed E-state index contributed by atoms with van der Waals surface area (Å²) < 4.78 is 13.4. The Kier molecular flexibility index (Phi) is 6.65. The van der Waals surface area contributed by atoms with Crippen molar-refractivity contribution >= 4 is 11.6 Å². The molecule has 2 atom stereocenters. The highest BCUT2D eigenvalue weighted by Gasteiger charge is 2.26. The number of nitrogens with one attached hydrogen (secondary N) is 1. The van der Waals surface area contributed by atoms with Gasteiger partial charge in [0.2, 0.25) is 5.91 Å². The van der Waals surface area contributed by atoms with Gasteiger partial charge in [0.1, 0.15) is 5.82 Å². The molecule has 134 valence electrons. The van der Waals surface area contributed by atoms with Crippen LogP contribution < -0.4 is 5.32 Å². The number of benzene rings is 1. The van der Waals surface area contributed by atoms with Gasteiger partial charge < -0.3 is 5.32 Å². The second-order valence-corrected chi connectivity index (χ2v) is 6.35. The van der Waals surface area contributed by atoms with E-state index >= 15 is 0 Å². The molecule has 0 radical (unpaired) electrons. The first-order chi connectivity index (χ1) is 11.9. The third kappa shape index (κ3) is 4.86. The maximum absolute atomic E-state index is 13.4. The molecule has 0 bridgehead atoms. The summed E-state index contributed by atoms with van der Waals surface area (Å²) in [4.78, 5) is 19.1. The van der Waals surface area contributed by atoms with Gasteiger partial charge in [-0.15, -0.1) is 0 Å². The lowest BCUT2D eigenvalue weighted by Crippen LogP contribution is -2.42. The van der Waals surface area contributed by atoms with E-state index in [-0.39, 0.29) is 23.8 Å². The van der Waals surface area contributed by atoms with Crippen LogP contribution in [-0.4, -0.2) is 28.9 Å². The largest absolute Gasteiger partial charge is 0.324 e. The zero-order chi connectivity index (χ0) is 18.4. The van der Waals surface area contributed by atoms with Gasteiger partial charge in [-0.3, -0.25) is 14.7 Å². The highest BCUT2D eigenvalue weighted by atomic mass is 19.1. The minimum Gasteiger partial charge on any atom is -0.324 e. The third-order valence-electron chi connectivity index (χ3n) is 4.53. The van der Waals surface area contributed by atoms with Crippen LogP contribution >= 0.6 is 0 Å². The van der Waals surface area contributed by atoms with E-state index in [4.69, 9.17) is 0 Å². The lowest BCUT2D eigenvalue weighted by molar-refractivity contribution is -0.121. The predicted molar refractivity (Wildman–Crippen MR) is 98.9 cm³/mol. The van der Waals surface area contributed by atoms with E-state index < -0.39 is 0 Å². The van der Waals surface area contributed by atoms with Crippen molar-refractivity contribution in [2.24, 2.45) is 0 Å². The Morgan fingerprint density at radius 3 is 2.72 bits per heavy atom. The molecule has 1 N–H and O–H groups in total. The number of carbonyl (C=O) groups excluding carboxylic acids is 1. The van der Waals surface area contributed by atoms with E-state index in [0.717, 1.165) is 24.1 Å². The predicted octanol–water partition coefficient (Wildman–Crippen LogP) is 4.33. The first-order valence-corrected chi connectivity index (χ1v) is 8.64. The zero-order valence-corrected chi connectivity index (χ0v) is 15.3. The lowest BCUT2D eigenvalue weighted by atomic mass is 10.0. The van der Waals surface area contributed by atoms with Crippen molar-refractivity contribution in [3.8, 4) is 0 Å². The quantitative estimate of drug-likeness (QED) is 0.814. The average Bonchev–Trinajstić information content (AvgIpc) is 2.62. The van der Waals surface area contributed by atoms with E-state index in [2.05, 4.69) is 17.2 Å². The summed E-state index contributed by atoms with van der Waals surface area (Å²) in [5, 5.41) is 2.84. The van der Waals surface area contributed by atoms with Crippen molar-refractivity contribution < 1.29 is 9.18 Å². The number of hydrogen-bond acceptors (Lipinski definition) is 3. The van der Waals surface area contributed by atoms with Crippen LogP contribution in [0.15, 0.2) is 42.6 Å². The molecule has 1 heterocycles. The van der Waals surface area contributed by atoms with Gasteiger partial charge >= 0.3 is 0 Å². The molecule has 0 aliphatic rings. The Morgan fingerprint density at radius 2 is 2.08 bits per heavy atom. The van der Waals surface area contributed by atoms with Gasteiger partial charge in [-0.1, -0.05) is 25.5 Å². The fraction of sp³-hybridized carbons (Fsp3) is 0.400. The maximum atomic E-state index is 13.4. The van der Waals surface area contributed by atoms with Crippen molar-refractivity contribution in [2.75, 3.05) is 12.4 Å². The van der Waals surface area contributed by atoms with Crippen molar-refractivity contribution in [2.45, 2.75) is 45.7 Å². The summed E-state index contributed by atoms with van der Waals surface area (Å²) in [5.74, 6) is -0.521. The van der Waals surface area contributed by atoms with Crippen LogP contribution in [0.3, 0.4) is 0 Å². The Balaban J connectivity index is 2.14. The van der Waals surface area contributed by atoms with Crippen LogP contribution in [0, 0.1) is 12.7 Å². The Morgan fingerprint density at radius 1 is 1.32 bits per heavy atom. The minimum atomic E-state index is -0.374. The lowest BCUT2D eigenvalue weighted by Gasteiger charge is -2.32. The highest BCUT2D eigenvalue weighted by molar-refractivity contribution is 5.95. The van der Waals surface area contributed by atoms with Crippen molar-refractivity contribution in [3.05, 3.63) is 59.7 Å². The number of nitrogens with zero attached hydrogens (tertiary/aromatic N) is 2. The van der Waals surface area contributed by atoms with Crippen LogP contribution in [0.25, 0.3) is 0 Å². The normalized spacial score (nSPS) is 13.5. The van der Waals surface area contributed by atoms with E-state index in [1.807, 2.05) is 44.0 Å². The van der Waals surface area contributed by atoms with Gasteiger partial charge in [0.25, 0.3) is 0 Å². The van der Waals surface area contributed by atoms with Crippen LogP contribution in [0.1, 0.15) is 44.0 Å². The first-order valence-electron chi connectivity index (χ1n) is 8.64. The molecule has 25 heavy (non-hydrogen) atoms. The van der Waals surface area contributed by atoms with E-state index in [1.54, 1.807) is 12.3 Å². The van der Waals surface area contributed by atoms with Crippen LogP contribution in [0.5, 0.6) is 0 Å². The molecule has 2 rings (SSSR count). The molecule has 0 unspecified atom stereocenters. The number of hydrogen-bond donors (Lipinski definition) is 1. The third-order valence-corrected chi connectivity index (χ3v) is 4.53. The maximum Gasteiger partial charge on any atom is 0.241 e. The van der Waals surface area contributed by atoms with Gasteiger partial charge in [-0.05, 0) is 57.1 Å². The number of aromatic nitrogens is 1. The molecule has 0 spiro atoms. The average molecular weight is 343 g/mol. The summed E-state index contributed by atoms with van der Waals surface area (Å²) in [5.41, 5.74) is 2.29. The van der Waals surface area contributed by atoms with Crippen LogP contribution in [-0.2, 0) is 4.79 Å². The molecule has 1 aromatic heterocycles. The molecular formula is C20H26FN3O. The Labute approximate surface area is 149 Å². The minimum absolute atomic E-state index is 0.0561. The number of anilines is 1. The first kappa shape index (κ1) is 19.1. The molecule has 1 aromatic carbocycles. The summed E-state index contributed by atoms with van der Waals surface area (Å²) in [7, 11) is 1.93. The molecule has 0 aliphatic carbocycles. The number of likely N-dealkylation sites (N-methyl/N-ethyl adjacent to an activating group) is 1. The molecule has 0 aliphatic heterocycles. The molecule has 2 aromatic rings. The van der Waals surface area contributed by atoms with E-state index in [0.29, 0.717) is 5.69 Å². The summed E-state index contributed by atoms with van der Waals surface area (Å²) in [6.07, 6.45) is 3.67. The van der Waals surface area contributed by atoms with Crippen LogP contribution in [0.4, 0.5) is 10.1 Å². The van der Waals surface area contributed by atoms with Gasteiger partial charge in [0, 0.05) is 11.9 Å². The number of halogens is 1. The van der Waals surface area contributed by atoms with Gasteiger partial charge in [0.05, 0.1) is 17.8 Å². The second kappa shape index (κ2) is 8.72. The van der Waals surface area contributed by atoms with Gasteiger partial charge in [-0.25, -0.2) is 4.39 Å².